The summed E-state index contributed by atoms with van der Waals surface area (Å²) in [5.41, 5.74) is 2.43. The van der Waals surface area contributed by atoms with Gasteiger partial charge in [-0.2, -0.15) is 5.26 Å². The van der Waals surface area contributed by atoms with E-state index in [1.165, 1.54) is 11.8 Å². The Morgan fingerprint density at radius 1 is 1.09 bits per heavy atom. The van der Waals surface area contributed by atoms with Gasteiger partial charge in [-0.15, -0.1) is 10.2 Å². The second-order valence-electron chi connectivity index (χ2n) is 4.44. The Balaban J connectivity index is 1.72. The van der Waals surface area contributed by atoms with Crippen molar-refractivity contribution in [2.45, 2.75) is 11.0 Å². The first-order valence-corrected chi connectivity index (χ1v) is 7.83. The van der Waals surface area contributed by atoms with E-state index in [1.807, 2.05) is 30.3 Å². The first-order valence-electron chi connectivity index (χ1n) is 6.46. The van der Waals surface area contributed by atoms with Gasteiger partial charge in [-0.3, -0.25) is 0 Å². The smallest absolute Gasteiger partial charge is 0.277 e. The van der Waals surface area contributed by atoms with Gasteiger partial charge in [0.1, 0.15) is 0 Å². The normalized spacial score (nSPS) is 10.4. The summed E-state index contributed by atoms with van der Waals surface area (Å²) < 4.78 is 5.62. The lowest BCUT2D eigenvalue weighted by atomic mass is 10.1. The van der Waals surface area contributed by atoms with Crippen molar-refractivity contribution in [3.8, 4) is 17.5 Å². The van der Waals surface area contributed by atoms with E-state index >= 15 is 0 Å². The van der Waals surface area contributed by atoms with Crippen molar-refractivity contribution < 1.29 is 4.42 Å². The molecule has 0 bridgehead atoms. The van der Waals surface area contributed by atoms with Crippen LogP contribution in [0, 0.1) is 11.3 Å². The van der Waals surface area contributed by atoms with Crippen LogP contribution in [0.5, 0.6) is 0 Å². The van der Waals surface area contributed by atoms with Crippen LogP contribution in [0.1, 0.15) is 11.1 Å². The molecule has 108 valence electrons. The van der Waals surface area contributed by atoms with Crippen molar-refractivity contribution in [3.05, 3.63) is 64.7 Å². The van der Waals surface area contributed by atoms with Crippen LogP contribution in [-0.4, -0.2) is 10.2 Å². The van der Waals surface area contributed by atoms with Crippen molar-refractivity contribution in [1.82, 2.24) is 10.2 Å². The Morgan fingerprint density at radius 3 is 2.64 bits per heavy atom. The number of halogens is 1. The van der Waals surface area contributed by atoms with Gasteiger partial charge < -0.3 is 4.42 Å². The molecule has 22 heavy (non-hydrogen) atoms. The highest BCUT2D eigenvalue weighted by molar-refractivity contribution is 7.98. The fraction of sp³-hybridized carbons (Fsp3) is 0.0625. The molecule has 2 aromatic carbocycles. The number of aromatic nitrogens is 2. The molecule has 0 N–H and O–H groups in total. The third-order valence-electron chi connectivity index (χ3n) is 2.99. The molecule has 0 spiro atoms. The van der Waals surface area contributed by atoms with Gasteiger partial charge in [0.15, 0.2) is 0 Å². The van der Waals surface area contributed by atoms with Crippen molar-refractivity contribution >= 4 is 23.4 Å². The molecule has 0 saturated carbocycles. The molecule has 0 amide bonds. The Hall–Kier alpha value is -2.29. The van der Waals surface area contributed by atoms with Crippen LogP contribution >= 0.6 is 23.4 Å². The van der Waals surface area contributed by atoms with Gasteiger partial charge in [0.25, 0.3) is 5.22 Å². The lowest BCUT2D eigenvalue weighted by molar-refractivity contribution is 0.466. The molecule has 3 aromatic rings. The predicted octanol–water partition coefficient (Wildman–Crippen LogP) is 4.55. The molecule has 1 aromatic heterocycles. The second-order valence-corrected chi connectivity index (χ2v) is 5.80. The standard InChI is InChI=1S/C16H10ClN3OS/c17-14-7-5-11(6-8-14)15-19-20-16(21-15)22-10-13-4-2-1-3-12(13)9-18/h1-8H,10H2. The Bertz CT molecular complexity index is 824. The number of rotatable bonds is 4. The van der Waals surface area contributed by atoms with Crippen LogP contribution in [0.4, 0.5) is 0 Å². The van der Waals surface area contributed by atoms with Gasteiger partial charge in [0.05, 0.1) is 11.6 Å². The van der Waals surface area contributed by atoms with Crippen LogP contribution in [0.2, 0.25) is 5.02 Å². The minimum absolute atomic E-state index is 0.452. The number of thioether (sulfide) groups is 1. The first-order chi connectivity index (χ1) is 10.8. The van der Waals surface area contributed by atoms with E-state index in [4.69, 9.17) is 21.3 Å². The molecule has 3 rings (SSSR count). The minimum atomic E-state index is 0.452. The SMILES string of the molecule is N#Cc1ccccc1CSc1nnc(-c2ccc(Cl)cc2)o1. The van der Waals surface area contributed by atoms with Crippen LogP contribution < -0.4 is 0 Å². The van der Waals surface area contributed by atoms with Gasteiger partial charge >= 0.3 is 0 Å². The van der Waals surface area contributed by atoms with Crippen molar-refractivity contribution in [2.75, 3.05) is 0 Å². The number of benzene rings is 2. The quantitative estimate of drug-likeness (QED) is 0.657. The van der Waals surface area contributed by atoms with Gasteiger partial charge in [0, 0.05) is 16.3 Å². The van der Waals surface area contributed by atoms with Crippen LogP contribution in [0.3, 0.4) is 0 Å². The second kappa shape index (κ2) is 6.65. The highest BCUT2D eigenvalue weighted by atomic mass is 35.5. The van der Waals surface area contributed by atoms with E-state index in [0.29, 0.717) is 27.5 Å². The average Bonchev–Trinajstić information content (AvgIpc) is 3.03. The maximum absolute atomic E-state index is 9.07. The van der Waals surface area contributed by atoms with E-state index in [-0.39, 0.29) is 0 Å². The number of nitrogens with zero attached hydrogens (tertiary/aromatic N) is 3. The molecule has 1 heterocycles. The van der Waals surface area contributed by atoms with Gasteiger partial charge in [-0.05, 0) is 35.9 Å². The fourth-order valence-electron chi connectivity index (χ4n) is 1.87. The highest BCUT2D eigenvalue weighted by Gasteiger charge is 2.10. The zero-order chi connectivity index (χ0) is 15.4. The molecule has 6 heteroatoms. The van der Waals surface area contributed by atoms with Gasteiger partial charge in [-0.1, -0.05) is 41.6 Å². The Kier molecular flexibility index (Phi) is 4.42. The topological polar surface area (TPSA) is 62.7 Å². The van der Waals surface area contributed by atoms with Crippen molar-refractivity contribution in [3.63, 3.8) is 0 Å². The largest absolute Gasteiger partial charge is 0.411 e. The van der Waals surface area contributed by atoms with E-state index in [2.05, 4.69) is 16.3 Å². The summed E-state index contributed by atoms with van der Waals surface area (Å²) in [7, 11) is 0. The molecular formula is C16H10ClN3OS. The van der Waals surface area contributed by atoms with E-state index < -0.39 is 0 Å². The number of hydrogen-bond donors (Lipinski definition) is 0. The molecular weight excluding hydrogens is 318 g/mol. The summed E-state index contributed by atoms with van der Waals surface area (Å²) in [5.74, 6) is 1.05. The summed E-state index contributed by atoms with van der Waals surface area (Å²) in [5, 5.41) is 18.2. The lowest BCUT2D eigenvalue weighted by Gasteiger charge is -2.00. The monoisotopic (exact) mass is 327 g/mol. The maximum Gasteiger partial charge on any atom is 0.277 e. The summed E-state index contributed by atoms with van der Waals surface area (Å²) in [6.45, 7) is 0. The molecule has 0 unspecified atom stereocenters. The third-order valence-corrected chi connectivity index (χ3v) is 4.11. The molecule has 0 aliphatic heterocycles. The molecule has 0 saturated heterocycles. The van der Waals surface area contributed by atoms with E-state index in [0.717, 1.165) is 11.1 Å². The van der Waals surface area contributed by atoms with Crippen molar-refractivity contribution in [2.24, 2.45) is 0 Å². The molecule has 0 radical (unpaired) electrons. The lowest BCUT2D eigenvalue weighted by Crippen LogP contribution is -1.86. The van der Waals surface area contributed by atoms with E-state index in [1.54, 1.807) is 18.2 Å². The van der Waals surface area contributed by atoms with E-state index in [9.17, 15) is 0 Å². The molecule has 0 aliphatic rings. The average molecular weight is 328 g/mol. The summed E-state index contributed by atoms with van der Waals surface area (Å²) in [6, 6.07) is 16.8. The van der Waals surface area contributed by atoms with Crippen LogP contribution in [-0.2, 0) is 5.75 Å². The molecule has 0 aliphatic carbocycles. The third kappa shape index (κ3) is 3.30. The first kappa shape index (κ1) is 14.6. The fourth-order valence-corrected chi connectivity index (χ4v) is 2.77. The summed E-state index contributed by atoms with van der Waals surface area (Å²) in [6.07, 6.45) is 0. The highest BCUT2D eigenvalue weighted by Crippen LogP contribution is 2.27. The molecule has 0 fully saturated rings. The molecule has 0 atom stereocenters. The number of hydrogen-bond acceptors (Lipinski definition) is 5. The maximum atomic E-state index is 9.07. The zero-order valence-corrected chi connectivity index (χ0v) is 12.9. The Morgan fingerprint density at radius 2 is 1.86 bits per heavy atom. The molecule has 4 nitrogen and oxygen atoms in total. The Labute approximate surface area is 136 Å². The van der Waals surface area contributed by atoms with Crippen molar-refractivity contribution in [1.29, 1.82) is 5.26 Å². The van der Waals surface area contributed by atoms with Gasteiger partial charge in [0.2, 0.25) is 5.89 Å². The minimum Gasteiger partial charge on any atom is -0.411 e. The van der Waals surface area contributed by atoms with Crippen LogP contribution in [0.25, 0.3) is 11.5 Å². The number of nitriles is 1. The van der Waals surface area contributed by atoms with Crippen LogP contribution in [0.15, 0.2) is 58.2 Å². The zero-order valence-electron chi connectivity index (χ0n) is 11.4. The van der Waals surface area contributed by atoms with Gasteiger partial charge in [-0.25, -0.2) is 0 Å². The summed E-state index contributed by atoms with van der Waals surface area (Å²) >= 11 is 7.26. The summed E-state index contributed by atoms with van der Waals surface area (Å²) in [4.78, 5) is 0. The predicted molar refractivity (Wildman–Crippen MR) is 85.5 cm³/mol.